The highest BCUT2D eigenvalue weighted by atomic mass is 35.5. The molecule has 4 heteroatoms. The summed E-state index contributed by atoms with van der Waals surface area (Å²) in [6.45, 7) is 3.25. The van der Waals surface area contributed by atoms with Crippen molar-refractivity contribution in [2.75, 3.05) is 19.6 Å². The first-order chi connectivity index (χ1) is 12.7. The van der Waals surface area contributed by atoms with E-state index in [2.05, 4.69) is 10.2 Å². The summed E-state index contributed by atoms with van der Waals surface area (Å²) in [5, 5.41) is 4.02. The number of likely N-dealkylation sites (tertiary alicyclic amines) is 1. The largest absolute Gasteiger partial charge is 0.355 e. The second-order valence-corrected chi connectivity index (χ2v) is 9.03. The summed E-state index contributed by atoms with van der Waals surface area (Å²) < 4.78 is 0. The molecule has 2 aliphatic carbocycles. The third kappa shape index (κ3) is 3.94. The molecule has 2 saturated carbocycles. The van der Waals surface area contributed by atoms with Gasteiger partial charge in [-0.3, -0.25) is 4.79 Å². The predicted octanol–water partition coefficient (Wildman–Crippen LogP) is 4.53. The van der Waals surface area contributed by atoms with Crippen molar-refractivity contribution in [1.29, 1.82) is 0 Å². The van der Waals surface area contributed by atoms with Gasteiger partial charge in [0, 0.05) is 24.2 Å². The normalized spacial score (nSPS) is 26.4. The van der Waals surface area contributed by atoms with Crippen LogP contribution in [-0.2, 0) is 10.2 Å². The molecule has 0 aromatic heterocycles. The Bertz CT molecular complexity index is 620. The van der Waals surface area contributed by atoms with Crippen LogP contribution in [-0.4, -0.2) is 36.5 Å². The van der Waals surface area contributed by atoms with Gasteiger partial charge < -0.3 is 10.2 Å². The van der Waals surface area contributed by atoms with Crippen LogP contribution in [0.3, 0.4) is 0 Å². The first kappa shape index (κ1) is 18.3. The van der Waals surface area contributed by atoms with Crippen molar-refractivity contribution in [1.82, 2.24) is 10.2 Å². The number of nitrogens with zero attached hydrogens (tertiary/aromatic N) is 1. The van der Waals surface area contributed by atoms with Gasteiger partial charge in [-0.2, -0.15) is 0 Å². The minimum Gasteiger partial charge on any atom is -0.355 e. The Kier molecular flexibility index (Phi) is 5.56. The molecule has 1 aromatic carbocycles. The van der Waals surface area contributed by atoms with Crippen LogP contribution in [0.1, 0.15) is 63.4 Å². The monoisotopic (exact) mass is 374 g/mol. The van der Waals surface area contributed by atoms with Crippen LogP contribution in [0, 0.1) is 5.92 Å². The van der Waals surface area contributed by atoms with Gasteiger partial charge in [0.25, 0.3) is 0 Å². The molecule has 26 heavy (non-hydrogen) atoms. The van der Waals surface area contributed by atoms with Crippen LogP contribution in [0.4, 0.5) is 0 Å². The van der Waals surface area contributed by atoms with E-state index in [1.54, 1.807) is 0 Å². The summed E-state index contributed by atoms with van der Waals surface area (Å²) in [7, 11) is 0. The van der Waals surface area contributed by atoms with Gasteiger partial charge in [-0.15, -0.1) is 0 Å². The number of carbonyl (C=O) groups is 1. The topological polar surface area (TPSA) is 32.3 Å². The average Bonchev–Trinajstić information content (AvgIpc) is 3.50. The molecule has 0 radical (unpaired) electrons. The Morgan fingerprint density at radius 3 is 2.50 bits per heavy atom. The molecule has 1 aromatic rings. The van der Waals surface area contributed by atoms with Crippen LogP contribution >= 0.6 is 11.6 Å². The zero-order chi connectivity index (χ0) is 18.0. The molecule has 0 unspecified atom stereocenters. The van der Waals surface area contributed by atoms with Crippen molar-refractivity contribution in [3.05, 3.63) is 34.9 Å². The second-order valence-electron chi connectivity index (χ2n) is 8.59. The third-order valence-electron chi connectivity index (χ3n) is 6.77. The van der Waals surface area contributed by atoms with Gasteiger partial charge in [-0.1, -0.05) is 43.0 Å². The lowest BCUT2D eigenvalue weighted by Gasteiger charge is -2.40. The maximum absolute atomic E-state index is 12.9. The first-order valence-electron chi connectivity index (χ1n) is 10.5. The van der Waals surface area contributed by atoms with Gasteiger partial charge in [-0.05, 0) is 68.7 Å². The van der Waals surface area contributed by atoms with Crippen LogP contribution < -0.4 is 5.32 Å². The summed E-state index contributed by atoms with van der Waals surface area (Å²) in [6, 6.07) is 8.62. The number of piperidine rings is 1. The van der Waals surface area contributed by atoms with E-state index >= 15 is 0 Å². The fraction of sp³-hybridized carbons (Fsp3) is 0.682. The molecule has 1 amide bonds. The van der Waals surface area contributed by atoms with Gasteiger partial charge in [-0.25, -0.2) is 0 Å². The van der Waals surface area contributed by atoms with Gasteiger partial charge in [0.2, 0.25) is 5.91 Å². The number of benzene rings is 1. The Morgan fingerprint density at radius 1 is 1.08 bits per heavy atom. The fourth-order valence-corrected chi connectivity index (χ4v) is 5.11. The van der Waals surface area contributed by atoms with Crippen LogP contribution in [0.25, 0.3) is 0 Å². The molecular formula is C22H31ClN2O. The molecule has 142 valence electrons. The van der Waals surface area contributed by atoms with Gasteiger partial charge in [0.1, 0.15) is 0 Å². The number of rotatable bonds is 5. The van der Waals surface area contributed by atoms with Gasteiger partial charge in [0.05, 0.1) is 5.41 Å². The summed E-state index contributed by atoms with van der Waals surface area (Å²) in [4.78, 5) is 15.6. The molecule has 1 heterocycles. The van der Waals surface area contributed by atoms with E-state index in [0.29, 0.717) is 5.92 Å². The van der Waals surface area contributed by atoms with E-state index in [9.17, 15) is 4.79 Å². The fourth-order valence-electron chi connectivity index (χ4n) is 4.99. The van der Waals surface area contributed by atoms with Crippen molar-refractivity contribution in [2.24, 2.45) is 5.92 Å². The van der Waals surface area contributed by atoms with E-state index in [4.69, 9.17) is 11.6 Å². The highest BCUT2D eigenvalue weighted by Crippen LogP contribution is 2.48. The summed E-state index contributed by atoms with van der Waals surface area (Å²) in [5.41, 5.74) is 0.828. The summed E-state index contributed by atoms with van der Waals surface area (Å²) in [6.07, 6.45) is 11.4. The first-order valence-corrected chi connectivity index (χ1v) is 10.8. The minimum atomic E-state index is -0.289. The molecule has 1 saturated heterocycles. The van der Waals surface area contributed by atoms with Crippen molar-refractivity contribution >= 4 is 17.5 Å². The number of carbonyl (C=O) groups excluding carboxylic acids is 1. The number of hydrogen-bond donors (Lipinski definition) is 1. The molecular weight excluding hydrogens is 344 g/mol. The Morgan fingerprint density at radius 2 is 1.81 bits per heavy atom. The number of hydrogen-bond acceptors (Lipinski definition) is 2. The summed E-state index contributed by atoms with van der Waals surface area (Å²) >= 11 is 6.00. The molecule has 1 N–H and O–H groups in total. The lowest BCUT2D eigenvalue weighted by Crippen LogP contribution is -2.47. The molecule has 4 rings (SSSR count). The maximum atomic E-state index is 12.9. The zero-order valence-electron chi connectivity index (χ0n) is 15.7. The maximum Gasteiger partial charge on any atom is 0.230 e. The van der Waals surface area contributed by atoms with Crippen LogP contribution in [0.5, 0.6) is 0 Å². The van der Waals surface area contributed by atoms with Gasteiger partial charge in [0.15, 0.2) is 0 Å². The lowest BCUT2D eigenvalue weighted by molar-refractivity contribution is -0.123. The molecule has 3 fully saturated rings. The quantitative estimate of drug-likeness (QED) is 0.821. The smallest absolute Gasteiger partial charge is 0.230 e. The van der Waals surface area contributed by atoms with E-state index < -0.39 is 0 Å². The molecule has 0 bridgehead atoms. The zero-order valence-corrected chi connectivity index (χ0v) is 16.4. The van der Waals surface area contributed by atoms with E-state index in [-0.39, 0.29) is 11.3 Å². The highest BCUT2D eigenvalue weighted by molar-refractivity contribution is 6.30. The molecule has 0 spiro atoms. The van der Waals surface area contributed by atoms with Crippen molar-refractivity contribution < 1.29 is 4.79 Å². The number of halogens is 1. The van der Waals surface area contributed by atoms with Gasteiger partial charge >= 0.3 is 0 Å². The third-order valence-corrected chi connectivity index (χ3v) is 7.03. The SMILES string of the molecule is O=C(NC[C@H]1CCCN(C2CCCCC2)C1)C1(c2ccc(Cl)cc2)CC1. The summed E-state index contributed by atoms with van der Waals surface area (Å²) in [5.74, 6) is 0.824. The second kappa shape index (κ2) is 7.90. The average molecular weight is 375 g/mol. The van der Waals surface area contributed by atoms with E-state index in [1.165, 1.54) is 58.0 Å². The Hall–Kier alpha value is -1.06. The Balaban J connectivity index is 1.30. The van der Waals surface area contributed by atoms with E-state index in [0.717, 1.165) is 36.0 Å². The molecule has 1 atom stereocenters. The number of nitrogens with one attached hydrogen (secondary N) is 1. The minimum absolute atomic E-state index is 0.217. The standard InChI is InChI=1S/C22H31ClN2O/c23-19-10-8-18(9-11-19)22(12-13-22)21(26)24-15-17-5-4-14-25(16-17)20-6-2-1-3-7-20/h8-11,17,20H,1-7,12-16H2,(H,24,26)/t17-/m1/s1. The van der Waals surface area contributed by atoms with E-state index in [1.807, 2.05) is 24.3 Å². The predicted molar refractivity (Wildman–Crippen MR) is 107 cm³/mol. The molecule has 3 aliphatic rings. The van der Waals surface area contributed by atoms with Crippen LogP contribution in [0.2, 0.25) is 5.02 Å². The number of amides is 1. The van der Waals surface area contributed by atoms with Crippen molar-refractivity contribution in [2.45, 2.75) is 69.2 Å². The van der Waals surface area contributed by atoms with Crippen molar-refractivity contribution in [3.8, 4) is 0 Å². The molecule has 3 nitrogen and oxygen atoms in total. The molecule has 1 aliphatic heterocycles. The van der Waals surface area contributed by atoms with Crippen LogP contribution in [0.15, 0.2) is 24.3 Å². The highest BCUT2D eigenvalue weighted by Gasteiger charge is 2.51. The van der Waals surface area contributed by atoms with Crippen molar-refractivity contribution in [3.63, 3.8) is 0 Å². The lowest BCUT2D eigenvalue weighted by atomic mass is 9.90. The Labute approximate surface area is 162 Å².